The van der Waals surface area contributed by atoms with Crippen LogP contribution in [0.25, 0.3) is 17.0 Å². The number of allylic oxidation sites excluding steroid dienone is 1. The fourth-order valence-electron chi connectivity index (χ4n) is 4.49. The third-order valence-electron chi connectivity index (χ3n) is 6.51. The molecule has 5 aromatic rings. The quantitative estimate of drug-likeness (QED) is 0.132. The third-order valence-corrected chi connectivity index (χ3v) is 6.51. The molecule has 0 atom stereocenters. The van der Waals surface area contributed by atoms with Crippen molar-refractivity contribution >= 4 is 28.8 Å². The van der Waals surface area contributed by atoms with Gasteiger partial charge in [-0.25, -0.2) is 4.79 Å². The van der Waals surface area contributed by atoms with Crippen molar-refractivity contribution in [1.29, 1.82) is 0 Å². The predicted molar refractivity (Wildman–Crippen MR) is 147 cm³/mol. The molecule has 0 spiro atoms. The molecule has 39 heavy (non-hydrogen) atoms. The zero-order valence-corrected chi connectivity index (χ0v) is 21.4. The van der Waals surface area contributed by atoms with Crippen LogP contribution in [0.2, 0.25) is 0 Å². The van der Waals surface area contributed by atoms with E-state index in [2.05, 4.69) is 0 Å². The van der Waals surface area contributed by atoms with Gasteiger partial charge in [-0.1, -0.05) is 60.2 Å². The summed E-state index contributed by atoms with van der Waals surface area (Å²) in [4.78, 5) is 26.1. The van der Waals surface area contributed by atoms with Crippen LogP contribution >= 0.6 is 0 Å². The van der Waals surface area contributed by atoms with E-state index < -0.39 is 5.97 Å². The van der Waals surface area contributed by atoms with Crippen molar-refractivity contribution in [1.82, 2.24) is 0 Å². The van der Waals surface area contributed by atoms with Gasteiger partial charge in [0.05, 0.1) is 5.56 Å². The van der Waals surface area contributed by atoms with Crippen LogP contribution in [-0.4, -0.2) is 11.8 Å². The largest absolute Gasteiger partial charge is 0.489 e. The SMILES string of the molecule is Cc1ccc(C=C2Oc3cc(OC(=O)c4c(C)oc5ccc(OCc6ccccc6)cc45)ccc3C2=O)cc1. The van der Waals surface area contributed by atoms with Gasteiger partial charge in [-0.15, -0.1) is 0 Å². The smallest absolute Gasteiger partial charge is 0.347 e. The average Bonchev–Trinajstić information content (AvgIpc) is 3.43. The van der Waals surface area contributed by atoms with Crippen molar-refractivity contribution < 1.29 is 28.2 Å². The lowest BCUT2D eigenvalue weighted by Gasteiger charge is -2.07. The van der Waals surface area contributed by atoms with Gasteiger partial charge < -0.3 is 18.6 Å². The topological polar surface area (TPSA) is 75.0 Å². The van der Waals surface area contributed by atoms with E-state index in [9.17, 15) is 9.59 Å². The number of aryl methyl sites for hydroxylation is 2. The lowest BCUT2D eigenvalue weighted by Crippen LogP contribution is -2.09. The minimum atomic E-state index is -0.578. The van der Waals surface area contributed by atoms with Crippen molar-refractivity contribution in [3.63, 3.8) is 0 Å². The maximum Gasteiger partial charge on any atom is 0.347 e. The number of fused-ring (bicyclic) bond motifs is 2. The minimum Gasteiger partial charge on any atom is -0.489 e. The van der Waals surface area contributed by atoms with Crippen LogP contribution in [-0.2, 0) is 6.61 Å². The number of esters is 1. The Bertz CT molecular complexity index is 1740. The normalized spacial score (nSPS) is 13.4. The fourth-order valence-corrected chi connectivity index (χ4v) is 4.49. The first-order valence-corrected chi connectivity index (χ1v) is 12.5. The molecule has 1 aliphatic rings. The Balaban J connectivity index is 1.21. The number of ether oxygens (including phenoxy) is 3. The summed E-state index contributed by atoms with van der Waals surface area (Å²) in [5.41, 5.74) is 4.31. The van der Waals surface area contributed by atoms with Crippen molar-refractivity contribution in [3.8, 4) is 17.2 Å². The highest BCUT2D eigenvalue weighted by Crippen LogP contribution is 2.36. The molecule has 0 aliphatic carbocycles. The highest BCUT2D eigenvalue weighted by molar-refractivity contribution is 6.14. The molecule has 1 aromatic heterocycles. The van der Waals surface area contributed by atoms with Crippen molar-refractivity contribution in [2.45, 2.75) is 20.5 Å². The second-order valence-electron chi connectivity index (χ2n) is 9.36. The summed E-state index contributed by atoms with van der Waals surface area (Å²) in [7, 11) is 0. The van der Waals surface area contributed by atoms with Gasteiger partial charge in [-0.2, -0.15) is 0 Å². The van der Waals surface area contributed by atoms with E-state index in [1.165, 1.54) is 0 Å². The lowest BCUT2D eigenvalue weighted by molar-refractivity contribution is 0.0734. The molecule has 0 unspecified atom stereocenters. The molecule has 0 fully saturated rings. The first-order valence-electron chi connectivity index (χ1n) is 12.5. The number of hydrogen-bond acceptors (Lipinski definition) is 6. The number of carbonyl (C=O) groups is 2. The number of rotatable bonds is 6. The van der Waals surface area contributed by atoms with E-state index in [1.54, 1.807) is 49.4 Å². The standard InChI is InChI=1S/C33H24O6/c1-20-8-10-22(11-9-20)16-30-32(34)26-14-12-25(18-29(26)39-30)38-33(35)31-21(2)37-28-15-13-24(17-27(28)31)36-19-23-6-4-3-5-7-23/h3-18H,19H2,1-2H3. The van der Waals surface area contributed by atoms with Crippen LogP contribution < -0.4 is 14.2 Å². The van der Waals surface area contributed by atoms with E-state index in [4.69, 9.17) is 18.6 Å². The Morgan fingerprint density at radius 2 is 1.64 bits per heavy atom. The minimum absolute atomic E-state index is 0.219. The van der Waals surface area contributed by atoms with Crippen LogP contribution in [0.3, 0.4) is 0 Å². The van der Waals surface area contributed by atoms with Crippen LogP contribution in [0.15, 0.2) is 101 Å². The lowest BCUT2D eigenvalue weighted by atomic mass is 10.1. The molecule has 0 N–H and O–H groups in total. The highest BCUT2D eigenvalue weighted by Gasteiger charge is 2.28. The van der Waals surface area contributed by atoms with Gasteiger partial charge in [0.1, 0.15) is 40.8 Å². The number of Topliss-reactive ketones (excluding diaryl/α,β-unsaturated/α-hetero) is 1. The molecule has 1 aliphatic heterocycles. The number of benzene rings is 4. The van der Waals surface area contributed by atoms with Gasteiger partial charge in [-0.05, 0) is 61.4 Å². The van der Waals surface area contributed by atoms with Gasteiger partial charge in [0.2, 0.25) is 5.78 Å². The van der Waals surface area contributed by atoms with Crippen LogP contribution in [0, 0.1) is 13.8 Å². The van der Waals surface area contributed by atoms with Crippen molar-refractivity contribution in [3.05, 3.63) is 130 Å². The Kier molecular flexibility index (Phi) is 6.21. The molecule has 6 rings (SSSR count). The Morgan fingerprint density at radius 1 is 0.872 bits per heavy atom. The van der Waals surface area contributed by atoms with Crippen molar-refractivity contribution in [2.24, 2.45) is 0 Å². The molecule has 192 valence electrons. The number of hydrogen-bond donors (Lipinski definition) is 0. The third kappa shape index (κ3) is 4.92. The second kappa shape index (κ2) is 9.99. The summed E-state index contributed by atoms with van der Waals surface area (Å²) in [5, 5.41) is 0.596. The molecule has 0 amide bonds. The van der Waals surface area contributed by atoms with E-state index in [1.807, 2.05) is 61.5 Å². The summed E-state index contributed by atoms with van der Waals surface area (Å²) in [6.07, 6.45) is 1.70. The number of carbonyl (C=O) groups excluding carboxylic acids is 2. The van der Waals surface area contributed by atoms with E-state index in [0.29, 0.717) is 46.0 Å². The fraction of sp³-hybridized carbons (Fsp3) is 0.0909. The van der Waals surface area contributed by atoms with Gasteiger partial charge in [0.15, 0.2) is 5.76 Å². The summed E-state index contributed by atoms with van der Waals surface area (Å²) < 4.78 is 23.3. The summed E-state index contributed by atoms with van der Waals surface area (Å²) >= 11 is 0. The monoisotopic (exact) mass is 516 g/mol. The predicted octanol–water partition coefficient (Wildman–Crippen LogP) is 7.46. The molecular weight excluding hydrogens is 492 g/mol. The van der Waals surface area contributed by atoms with Crippen molar-refractivity contribution in [2.75, 3.05) is 0 Å². The molecule has 0 saturated carbocycles. The number of ketones is 1. The van der Waals surface area contributed by atoms with Gasteiger partial charge in [-0.3, -0.25) is 4.79 Å². The molecule has 0 bridgehead atoms. The van der Waals surface area contributed by atoms with Crippen LogP contribution in [0.5, 0.6) is 17.2 Å². The summed E-state index contributed by atoms with van der Waals surface area (Å²) in [6, 6.07) is 27.7. The molecule has 0 saturated heterocycles. The first kappa shape index (κ1) is 24.2. The first-order chi connectivity index (χ1) is 18.9. The Hall–Kier alpha value is -5.10. The zero-order valence-electron chi connectivity index (χ0n) is 21.4. The highest BCUT2D eigenvalue weighted by atomic mass is 16.5. The van der Waals surface area contributed by atoms with Gasteiger partial charge >= 0.3 is 5.97 Å². The van der Waals surface area contributed by atoms with Gasteiger partial charge in [0.25, 0.3) is 0 Å². The summed E-state index contributed by atoms with van der Waals surface area (Å²) in [6.45, 7) is 4.12. The zero-order chi connectivity index (χ0) is 26.9. The Morgan fingerprint density at radius 3 is 2.44 bits per heavy atom. The molecule has 4 aromatic carbocycles. The number of furan rings is 1. The molecule has 0 radical (unpaired) electrons. The van der Waals surface area contributed by atoms with E-state index in [-0.39, 0.29) is 17.3 Å². The van der Waals surface area contributed by atoms with Gasteiger partial charge in [0, 0.05) is 11.5 Å². The van der Waals surface area contributed by atoms with Crippen LogP contribution in [0.4, 0.5) is 0 Å². The molecule has 6 heteroatoms. The molecule has 2 heterocycles. The Labute approximate surface area is 225 Å². The summed E-state index contributed by atoms with van der Waals surface area (Å²) in [5.74, 6) is 1.07. The molecule has 6 nitrogen and oxygen atoms in total. The average molecular weight is 517 g/mol. The molecular formula is C33H24O6. The maximum atomic E-state index is 13.3. The second-order valence-corrected chi connectivity index (χ2v) is 9.36. The maximum absolute atomic E-state index is 13.3. The van der Waals surface area contributed by atoms with E-state index in [0.717, 1.165) is 16.7 Å². The van der Waals surface area contributed by atoms with Crippen LogP contribution in [0.1, 0.15) is 43.2 Å². The van der Waals surface area contributed by atoms with E-state index >= 15 is 0 Å².